The Kier molecular flexibility index (Phi) is 4.30. The van der Waals surface area contributed by atoms with E-state index in [-0.39, 0.29) is 37.0 Å². The van der Waals surface area contributed by atoms with Crippen LogP contribution in [0.4, 0.5) is 4.79 Å². The lowest BCUT2D eigenvalue weighted by molar-refractivity contribution is -0.170. The van der Waals surface area contributed by atoms with Gasteiger partial charge in [0.2, 0.25) is 5.91 Å². The SMILES string of the molecule is CC1CCN(C(=O)CC#N)CC1(O)N(C)C1=C2C=CNC2NC(=O)N1. The van der Waals surface area contributed by atoms with Crippen LogP contribution in [-0.4, -0.2) is 58.9 Å². The fourth-order valence-corrected chi connectivity index (χ4v) is 3.50. The molecule has 3 amide bonds. The van der Waals surface area contributed by atoms with E-state index in [1.807, 2.05) is 19.1 Å². The first-order chi connectivity index (χ1) is 11.9. The molecule has 4 N–H and O–H groups in total. The number of aliphatic hydroxyl groups is 1. The summed E-state index contributed by atoms with van der Waals surface area (Å²) < 4.78 is 0. The number of carbonyl (C=O) groups excluding carboxylic acids is 2. The number of nitriles is 1. The maximum absolute atomic E-state index is 12.1. The fourth-order valence-electron chi connectivity index (χ4n) is 3.50. The highest BCUT2D eigenvalue weighted by Gasteiger charge is 2.46. The third-order valence-electron chi connectivity index (χ3n) is 5.16. The standard InChI is InChI=1S/C16H22N6O3/c1-10-5-8-22(12(23)3-6-17)9-16(10,25)21(2)14-11-4-7-18-13(11)19-15(24)20-14/h4,7,10,13,18,25H,3,5,8-9H2,1-2H3,(H2,19,20,24). The summed E-state index contributed by atoms with van der Waals surface area (Å²) in [4.78, 5) is 27.1. The molecule has 3 heterocycles. The van der Waals surface area contributed by atoms with Crippen LogP contribution in [0.2, 0.25) is 0 Å². The molecular formula is C16H22N6O3. The van der Waals surface area contributed by atoms with Crippen LogP contribution >= 0.6 is 0 Å². The quantitative estimate of drug-likeness (QED) is 0.504. The average molecular weight is 346 g/mol. The maximum atomic E-state index is 12.1. The molecule has 3 rings (SSSR count). The van der Waals surface area contributed by atoms with Gasteiger partial charge >= 0.3 is 6.03 Å². The van der Waals surface area contributed by atoms with Gasteiger partial charge in [0.25, 0.3) is 0 Å². The van der Waals surface area contributed by atoms with Crippen LogP contribution in [0.25, 0.3) is 0 Å². The molecule has 3 aliphatic heterocycles. The molecule has 9 heteroatoms. The van der Waals surface area contributed by atoms with E-state index in [2.05, 4.69) is 16.0 Å². The summed E-state index contributed by atoms with van der Waals surface area (Å²) >= 11 is 0. The van der Waals surface area contributed by atoms with Crippen LogP contribution in [0, 0.1) is 17.2 Å². The van der Waals surface area contributed by atoms with Crippen molar-refractivity contribution in [3.8, 4) is 6.07 Å². The zero-order valence-electron chi connectivity index (χ0n) is 14.2. The highest BCUT2D eigenvalue weighted by molar-refractivity contribution is 5.79. The van der Waals surface area contributed by atoms with Crippen LogP contribution in [0.1, 0.15) is 19.8 Å². The van der Waals surface area contributed by atoms with Gasteiger partial charge in [-0.25, -0.2) is 4.79 Å². The topological polar surface area (TPSA) is 121 Å². The smallest absolute Gasteiger partial charge is 0.322 e. The second kappa shape index (κ2) is 6.29. The van der Waals surface area contributed by atoms with Gasteiger partial charge in [-0.1, -0.05) is 6.92 Å². The molecule has 3 unspecified atom stereocenters. The minimum atomic E-state index is -1.35. The number of fused-ring (bicyclic) bond motifs is 1. The summed E-state index contributed by atoms with van der Waals surface area (Å²) in [6.45, 7) is 2.49. The minimum absolute atomic E-state index is 0.0765. The van der Waals surface area contributed by atoms with Crippen LogP contribution in [0.5, 0.6) is 0 Å². The maximum Gasteiger partial charge on any atom is 0.322 e. The molecule has 1 fully saturated rings. The Morgan fingerprint density at radius 2 is 2.36 bits per heavy atom. The van der Waals surface area contributed by atoms with E-state index in [9.17, 15) is 14.7 Å². The summed E-state index contributed by atoms with van der Waals surface area (Å²) in [6.07, 6.45) is 3.61. The largest absolute Gasteiger partial charge is 0.369 e. The van der Waals surface area contributed by atoms with Gasteiger partial charge in [0.15, 0.2) is 5.72 Å². The molecule has 1 saturated heterocycles. The number of carbonyl (C=O) groups is 2. The first-order valence-corrected chi connectivity index (χ1v) is 8.22. The molecule has 25 heavy (non-hydrogen) atoms. The van der Waals surface area contributed by atoms with Crippen LogP contribution in [0.15, 0.2) is 23.7 Å². The van der Waals surface area contributed by atoms with E-state index in [0.717, 1.165) is 5.57 Å². The van der Waals surface area contributed by atoms with E-state index < -0.39 is 5.72 Å². The summed E-state index contributed by atoms with van der Waals surface area (Å²) in [5.74, 6) is 0.0766. The Bertz CT molecular complexity index is 696. The summed E-state index contributed by atoms with van der Waals surface area (Å²) in [5, 5.41) is 28.6. The molecule has 0 aliphatic carbocycles. The number of hydrogen-bond acceptors (Lipinski definition) is 6. The summed E-state index contributed by atoms with van der Waals surface area (Å²) in [7, 11) is 1.70. The number of likely N-dealkylation sites (tertiary alicyclic amines) is 1. The van der Waals surface area contributed by atoms with Crippen LogP contribution < -0.4 is 16.0 Å². The van der Waals surface area contributed by atoms with Crippen LogP contribution in [-0.2, 0) is 4.79 Å². The van der Waals surface area contributed by atoms with Gasteiger partial charge in [-0.2, -0.15) is 5.26 Å². The lowest BCUT2D eigenvalue weighted by Crippen LogP contribution is -2.65. The molecule has 0 spiro atoms. The van der Waals surface area contributed by atoms with Gasteiger partial charge in [0.05, 0.1) is 12.6 Å². The lowest BCUT2D eigenvalue weighted by Gasteiger charge is -2.50. The number of rotatable bonds is 3. The first kappa shape index (κ1) is 17.1. The number of β-amino-alcohol motifs (C(OH)–C–C–N with tert-alkyl or cyclic N) is 1. The highest BCUT2D eigenvalue weighted by Crippen LogP contribution is 2.34. The van der Waals surface area contributed by atoms with Crippen molar-refractivity contribution in [3.63, 3.8) is 0 Å². The fraction of sp³-hybridized carbons (Fsp3) is 0.562. The molecule has 0 aromatic heterocycles. The van der Waals surface area contributed by atoms with Gasteiger partial charge in [-0.05, 0) is 18.7 Å². The van der Waals surface area contributed by atoms with Gasteiger partial charge < -0.3 is 25.5 Å². The van der Waals surface area contributed by atoms with Crippen molar-refractivity contribution in [2.24, 2.45) is 5.92 Å². The Hall–Kier alpha value is -2.73. The molecule has 0 radical (unpaired) electrons. The van der Waals surface area contributed by atoms with Gasteiger partial charge in [-0.3, -0.25) is 10.1 Å². The van der Waals surface area contributed by atoms with Gasteiger partial charge in [0, 0.05) is 25.1 Å². The Balaban J connectivity index is 1.89. The molecule has 0 aromatic carbocycles. The molecule has 0 saturated carbocycles. The number of hydrogen-bond donors (Lipinski definition) is 4. The van der Waals surface area contributed by atoms with Crippen LogP contribution in [0.3, 0.4) is 0 Å². The summed E-state index contributed by atoms with van der Waals surface area (Å²) in [6, 6.07) is 1.49. The Morgan fingerprint density at radius 1 is 1.60 bits per heavy atom. The number of likely N-dealkylation sites (N-methyl/N-ethyl adjacent to an activating group) is 1. The number of piperidine rings is 1. The summed E-state index contributed by atoms with van der Waals surface area (Å²) in [5.41, 5.74) is -0.541. The molecule has 134 valence electrons. The van der Waals surface area contributed by atoms with E-state index in [4.69, 9.17) is 5.26 Å². The van der Waals surface area contributed by atoms with Crippen molar-refractivity contribution >= 4 is 11.9 Å². The third-order valence-corrected chi connectivity index (χ3v) is 5.16. The number of urea groups is 1. The van der Waals surface area contributed by atoms with Gasteiger partial charge in [0.1, 0.15) is 18.4 Å². The van der Waals surface area contributed by atoms with Crippen molar-refractivity contribution in [1.82, 2.24) is 25.8 Å². The van der Waals surface area contributed by atoms with Crippen molar-refractivity contribution in [2.45, 2.75) is 31.7 Å². The molecular weight excluding hydrogens is 324 g/mol. The van der Waals surface area contributed by atoms with Crippen molar-refractivity contribution < 1.29 is 14.7 Å². The lowest BCUT2D eigenvalue weighted by atomic mass is 9.87. The second-order valence-electron chi connectivity index (χ2n) is 6.61. The molecule has 9 nitrogen and oxygen atoms in total. The average Bonchev–Trinajstić information content (AvgIpc) is 3.04. The van der Waals surface area contributed by atoms with E-state index in [1.54, 1.807) is 18.1 Å². The Labute approximate surface area is 145 Å². The van der Waals surface area contributed by atoms with Gasteiger partial charge in [-0.15, -0.1) is 0 Å². The third kappa shape index (κ3) is 2.89. The monoisotopic (exact) mass is 346 g/mol. The molecule has 3 aliphatic rings. The zero-order chi connectivity index (χ0) is 18.2. The zero-order valence-corrected chi connectivity index (χ0v) is 14.2. The van der Waals surface area contributed by atoms with E-state index >= 15 is 0 Å². The number of nitrogens with zero attached hydrogens (tertiary/aromatic N) is 3. The molecule has 0 bridgehead atoms. The van der Waals surface area contributed by atoms with E-state index in [0.29, 0.717) is 18.8 Å². The predicted octanol–water partition coefficient (Wildman–Crippen LogP) is -0.644. The number of nitrogens with one attached hydrogen (secondary N) is 3. The second-order valence-corrected chi connectivity index (χ2v) is 6.61. The first-order valence-electron chi connectivity index (χ1n) is 8.22. The minimum Gasteiger partial charge on any atom is -0.369 e. The van der Waals surface area contributed by atoms with Crippen molar-refractivity contribution in [2.75, 3.05) is 20.1 Å². The number of amides is 3. The molecule has 0 aromatic rings. The van der Waals surface area contributed by atoms with Crippen molar-refractivity contribution in [3.05, 3.63) is 23.7 Å². The van der Waals surface area contributed by atoms with Crippen molar-refractivity contribution in [1.29, 1.82) is 5.26 Å². The highest BCUT2D eigenvalue weighted by atomic mass is 16.3. The normalized spacial score (nSPS) is 30.8. The Morgan fingerprint density at radius 3 is 3.08 bits per heavy atom. The van der Waals surface area contributed by atoms with E-state index in [1.165, 1.54) is 4.90 Å². The molecule has 3 atom stereocenters. The predicted molar refractivity (Wildman–Crippen MR) is 88.1 cm³/mol.